The summed E-state index contributed by atoms with van der Waals surface area (Å²) in [6, 6.07) is 10.6. The van der Waals surface area contributed by atoms with E-state index in [2.05, 4.69) is 0 Å². The lowest BCUT2D eigenvalue weighted by molar-refractivity contribution is 0.243. The molecule has 0 amide bonds. The summed E-state index contributed by atoms with van der Waals surface area (Å²) in [6.45, 7) is 4.17. The molecule has 0 saturated heterocycles. The zero-order chi connectivity index (χ0) is 18.1. The lowest BCUT2D eigenvalue weighted by Gasteiger charge is -2.13. The van der Waals surface area contributed by atoms with Gasteiger partial charge in [0.15, 0.2) is 0 Å². The molecule has 130 valence electrons. The largest absolute Gasteiger partial charge is 0.491 e. The summed E-state index contributed by atoms with van der Waals surface area (Å²) >= 11 is 18.5. The molecular formula is C19H16Cl3NO2. The fourth-order valence-electron chi connectivity index (χ4n) is 2.62. The van der Waals surface area contributed by atoms with Crippen molar-refractivity contribution >= 4 is 45.6 Å². The SMILES string of the molecule is CC(C)Oc1ccc2c(=O)n(Cc3c(Cl)ccc(Cl)c3Cl)ccc2c1. The van der Waals surface area contributed by atoms with Crippen LogP contribution in [0.25, 0.3) is 10.8 Å². The van der Waals surface area contributed by atoms with Gasteiger partial charge >= 0.3 is 0 Å². The predicted molar refractivity (Wildman–Crippen MR) is 105 cm³/mol. The second kappa shape index (κ2) is 7.28. The van der Waals surface area contributed by atoms with Crippen LogP contribution in [0.3, 0.4) is 0 Å². The van der Waals surface area contributed by atoms with Gasteiger partial charge in [-0.2, -0.15) is 0 Å². The maximum atomic E-state index is 12.8. The van der Waals surface area contributed by atoms with Crippen molar-refractivity contribution in [2.75, 3.05) is 0 Å². The molecule has 25 heavy (non-hydrogen) atoms. The van der Waals surface area contributed by atoms with E-state index < -0.39 is 0 Å². The summed E-state index contributed by atoms with van der Waals surface area (Å²) in [4.78, 5) is 12.8. The second-order valence-electron chi connectivity index (χ2n) is 5.99. The molecule has 0 N–H and O–H groups in total. The van der Waals surface area contributed by atoms with Crippen molar-refractivity contribution in [3.05, 3.63) is 73.6 Å². The number of rotatable bonds is 4. The summed E-state index contributed by atoms with van der Waals surface area (Å²) in [5.74, 6) is 0.737. The molecule has 0 unspecified atom stereocenters. The Balaban J connectivity index is 2.03. The molecule has 0 fully saturated rings. The van der Waals surface area contributed by atoms with Crippen molar-refractivity contribution in [3.8, 4) is 5.75 Å². The van der Waals surface area contributed by atoms with E-state index in [4.69, 9.17) is 39.5 Å². The highest BCUT2D eigenvalue weighted by atomic mass is 35.5. The zero-order valence-electron chi connectivity index (χ0n) is 13.7. The Morgan fingerprint density at radius 2 is 1.76 bits per heavy atom. The van der Waals surface area contributed by atoms with Gasteiger partial charge in [0.1, 0.15) is 5.75 Å². The number of ether oxygens (including phenoxy) is 1. The zero-order valence-corrected chi connectivity index (χ0v) is 16.0. The monoisotopic (exact) mass is 395 g/mol. The number of halogens is 3. The molecule has 0 spiro atoms. The van der Waals surface area contributed by atoms with Crippen molar-refractivity contribution in [1.82, 2.24) is 4.57 Å². The highest BCUT2D eigenvalue weighted by molar-refractivity contribution is 6.44. The highest BCUT2D eigenvalue weighted by Crippen LogP contribution is 2.32. The minimum Gasteiger partial charge on any atom is -0.491 e. The molecule has 0 bridgehead atoms. The van der Waals surface area contributed by atoms with Gasteiger partial charge in [0, 0.05) is 22.2 Å². The van der Waals surface area contributed by atoms with Crippen LogP contribution in [-0.4, -0.2) is 10.7 Å². The standard InChI is InChI=1S/C19H16Cl3NO2/c1-11(2)25-13-3-4-14-12(9-13)7-8-23(19(14)24)10-15-16(20)5-6-17(21)18(15)22/h3-9,11H,10H2,1-2H3. The number of hydrogen-bond acceptors (Lipinski definition) is 2. The third-order valence-electron chi connectivity index (χ3n) is 3.79. The van der Waals surface area contributed by atoms with Crippen LogP contribution in [0.5, 0.6) is 5.75 Å². The molecule has 1 heterocycles. The smallest absolute Gasteiger partial charge is 0.258 e. The van der Waals surface area contributed by atoms with Gasteiger partial charge in [0.2, 0.25) is 0 Å². The molecule has 0 aliphatic rings. The molecule has 0 aliphatic carbocycles. The first-order valence-corrected chi connectivity index (χ1v) is 8.92. The van der Waals surface area contributed by atoms with Crippen molar-refractivity contribution in [2.45, 2.75) is 26.5 Å². The van der Waals surface area contributed by atoms with Crippen molar-refractivity contribution in [1.29, 1.82) is 0 Å². The maximum Gasteiger partial charge on any atom is 0.258 e. The van der Waals surface area contributed by atoms with E-state index in [1.165, 1.54) is 0 Å². The Morgan fingerprint density at radius 1 is 1.04 bits per heavy atom. The van der Waals surface area contributed by atoms with Crippen molar-refractivity contribution < 1.29 is 4.74 Å². The Labute approximate surface area is 160 Å². The Morgan fingerprint density at radius 3 is 2.48 bits per heavy atom. The Hall–Kier alpha value is -1.68. The van der Waals surface area contributed by atoms with Crippen LogP contribution < -0.4 is 10.3 Å². The first-order valence-electron chi connectivity index (χ1n) is 7.79. The Bertz CT molecular complexity index is 996. The van der Waals surface area contributed by atoms with E-state index in [0.717, 1.165) is 11.1 Å². The lowest BCUT2D eigenvalue weighted by atomic mass is 10.1. The molecular weight excluding hydrogens is 381 g/mol. The first kappa shape index (κ1) is 18.1. The molecule has 3 nitrogen and oxygen atoms in total. The predicted octanol–water partition coefficient (Wildman–Crippen LogP) is 5.80. The van der Waals surface area contributed by atoms with Crippen LogP contribution in [0.2, 0.25) is 15.1 Å². The number of fused-ring (bicyclic) bond motifs is 1. The fourth-order valence-corrected chi connectivity index (χ4v) is 3.29. The average Bonchev–Trinajstić information content (AvgIpc) is 2.56. The van der Waals surface area contributed by atoms with Crippen LogP contribution in [0.1, 0.15) is 19.4 Å². The summed E-state index contributed by atoms with van der Waals surface area (Å²) in [6.07, 6.45) is 1.79. The van der Waals surface area contributed by atoms with Crippen LogP contribution in [0.15, 0.2) is 47.4 Å². The first-order chi connectivity index (χ1) is 11.9. The van der Waals surface area contributed by atoms with E-state index in [0.29, 0.717) is 26.0 Å². The topological polar surface area (TPSA) is 31.2 Å². The van der Waals surface area contributed by atoms with Crippen LogP contribution in [-0.2, 0) is 6.54 Å². The van der Waals surface area contributed by atoms with E-state index in [1.54, 1.807) is 35.0 Å². The van der Waals surface area contributed by atoms with Crippen LogP contribution >= 0.6 is 34.8 Å². The number of aromatic nitrogens is 1. The third kappa shape index (κ3) is 3.79. The van der Waals surface area contributed by atoms with Gasteiger partial charge in [-0.25, -0.2) is 0 Å². The van der Waals surface area contributed by atoms with Crippen LogP contribution in [0, 0.1) is 0 Å². The van der Waals surface area contributed by atoms with Gasteiger partial charge in [-0.05, 0) is 55.6 Å². The molecule has 3 aromatic rings. The Kier molecular flexibility index (Phi) is 5.28. The van der Waals surface area contributed by atoms with Gasteiger partial charge in [-0.3, -0.25) is 4.79 Å². The number of benzene rings is 2. The minimum absolute atomic E-state index is 0.0740. The third-order valence-corrected chi connectivity index (χ3v) is 4.99. The van der Waals surface area contributed by atoms with Gasteiger partial charge in [-0.1, -0.05) is 34.8 Å². The second-order valence-corrected chi connectivity index (χ2v) is 7.18. The van der Waals surface area contributed by atoms with E-state index in [1.807, 2.05) is 26.0 Å². The van der Waals surface area contributed by atoms with Crippen molar-refractivity contribution in [3.63, 3.8) is 0 Å². The minimum atomic E-state index is -0.124. The summed E-state index contributed by atoms with van der Waals surface area (Å²) in [5, 5.41) is 2.67. The summed E-state index contributed by atoms with van der Waals surface area (Å²) < 4.78 is 7.24. The molecule has 0 atom stereocenters. The lowest BCUT2D eigenvalue weighted by Crippen LogP contribution is -2.20. The molecule has 0 aliphatic heterocycles. The fraction of sp³-hybridized carbons (Fsp3) is 0.211. The molecule has 2 aromatic carbocycles. The normalized spacial score (nSPS) is 11.3. The van der Waals surface area contributed by atoms with E-state index in [9.17, 15) is 4.79 Å². The average molecular weight is 397 g/mol. The quantitative estimate of drug-likeness (QED) is 0.522. The molecule has 6 heteroatoms. The summed E-state index contributed by atoms with van der Waals surface area (Å²) in [7, 11) is 0. The van der Waals surface area contributed by atoms with Gasteiger partial charge in [0.25, 0.3) is 5.56 Å². The number of pyridine rings is 1. The van der Waals surface area contributed by atoms with Crippen molar-refractivity contribution in [2.24, 2.45) is 0 Å². The molecule has 0 saturated carbocycles. The molecule has 3 rings (SSSR count). The van der Waals surface area contributed by atoms with Crippen LogP contribution in [0.4, 0.5) is 0 Å². The maximum absolute atomic E-state index is 12.8. The molecule has 0 radical (unpaired) electrons. The van der Waals surface area contributed by atoms with Gasteiger partial charge in [-0.15, -0.1) is 0 Å². The number of nitrogens with zero attached hydrogens (tertiary/aromatic N) is 1. The van der Waals surface area contributed by atoms with E-state index in [-0.39, 0.29) is 18.2 Å². The van der Waals surface area contributed by atoms with Gasteiger partial charge < -0.3 is 9.30 Å². The van der Waals surface area contributed by atoms with Gasteiger partial charge in [0.05, 0.1) is 22.7 Å². The summed E-state index contributed by atoms with van der Waals surface area (Å²) in [5.41, 5.74) is 0.498. The highest BCUT2D eigenvalue weighted by Gasteiger charge is 2.12. The number of hydrogen-bond donors (Lipinski definition) is 0. The molecule has 1 aromatic heterocycles. The van der Waals surface area contributed by atoms with E-state index >= 15 is 0 Å².